The highest BCUT2D eigenvalue weighted by Gasteiger charge is 2.17. The molecule has 0 fully saturated rings. The first kappa shape index (κ1) is 14.5. The second kappa shape index (κ2) is 5.63. The van der Waals surface area contributed by atoms with Crippen LogP contribution in [0.15, 0.2) is 21.3 Å². The van der Waals surface area contributed by atoms with Crippen molar-refractivity contribution in [3.63, 3.8) is 0 Å². The quantitative estimate of drug-likeness (QED) is 0.900. The summed E-state index contributed by atoms with van der Waals surface area (Å²) in [7, 11) is 0. The van der Waals surface area contributed by atoms with Crippen molar-refractivity contribution in [3.05, 3.63) is 51.1 Å². The van der Waals surface area contributed by atoms with E-state index in [1.54, 1.807) is 0 Å². The SMILES string of the molecule is Cc1cc(=O)[nH]c([C@@H](C)N[C@H](C)c2cc(C)oc2C)n1. The number of nitrogens with zero attached hydrogens (tertiary/aromatic N) is 1. The first-order valence-electron chi connectivity index (χ1n) is 6.77. The Bertz CT molecular complexity index is 657. The average Bonchev–Trinajstić information content (AvgIpc) is 2.67. The summed E-state index contributed by atoms with van der Waals surface area (Å²) in [5.41, 5.74) is 1.73. The monoisotopic (exact) mass is 275 g/mol. The third-order valence-electron chi connectivity index (χ3n) is 3.34. The van der Waals surface area contributed by atoms with Crippen LogP contribution in [0.25, 0.3) is 0 Å². The van der Waals surface area contributed by atoms with Gasteiger partial charge in [-0.25, -0.2) is 4.98 Å². The summed E-state index contributed by atoms with van der Waals surface area (Å²) in [6.45, 7) is 9.76. The molecule has 2 atom stereocenters. The van der Waals surface area contributed by atoms with Crippen LogP contribution in [0.4, 0.5) is 0 Å². The van der Waals surface area contributed by atoms with Crippen LogP contribution in [-0.4, -0.2) is 9.97 Å². The van der Waals surface area contributed by atoms with Crippen molar-refractivity contribution >= 4 is 0 Å². The average molecular weight is 275 g/mol. The molecule has 0 amide bonds. The van der Waals surface area contributed by atoms with E-state index in [1.165, 1.54) is 6.07 Å². The number of aromatic amines is 1. The van der Waals surface area contributed by atoms with Crippen molar-refractivity contribution < 1.29 is 4.42 Å². The van der Waals surface area contributed by atoms with Gasteiger partial charge in [-0.1, -0.05) is 0 Å². The zero-order chi connectivity index (χ0) is 14.9. The molecule has 0 bridgehead atoms. The van der Waals surface area contributed by atoms with Crippen molar-refractivity contribution in [1.29, 1.82) is 0 Å². The predicted molar refractivity (Wildman–Crippen MR) is 77.7 cm³/mol. The third-order valence-corrected chi connectivity index (χ3v) is 3.34. The second-order valence-corrected chi connectivity index (χ2v) is 5.25. The Balaban J connectivity index is 2.16. The molecule has 20 heavy (non-hydrogen) atoms. The van der Waals surface area contributed by atoms with E-state index in [2.05, 4.69) is 22.2 Å². The van der Waals surface area contributed by atoms with Gasteiger partial charge in [-0.05, 0) is 40.7 Å². The highest BCUT2D eigenvalue weighted by Crippen LogP contribution is 2.23. The molecule has 108 valence electrons. The lowest BCUT2D eigenvalue weighted by molar-refractivity contribution is 0.457. The fourth-order valence-corrected chi connectivity index (χ4v) is 2.43. The van der Waals surface area contributed by atoms with Crippen LogP contribution in [0, 0.1) is 20.8 Å². The summed E-state index contributed by atoms with van der Waals surface area (Å²) in [4.78, 5) is 18.6. The van der Waals surface area contributed by atoms with E-state index in [9.17, 15) is 4.79 Å². The zero-order valence-electron chi connectivity index (χ0n) is 12.6. The van der Waals surface area contributed by atoms with E-state index < -0.39 is 0 Å². The van der Waals surface area contributed by atoms with E-state index >= 15 is 0 Å². The molecule has 0 saturated heterocycles. The lowest BCUT2D eigenvalue weighted by atomic mass is 10.1. The summed E-state index contributed by atoms with van der Waals surface area (Å²) in [6, 6.07) is 3.59. The minimum absolute atomic E-state index is 0.0489. The number of furan rings is 1. The molecule has 2 aromatic heterocycles. The lowest BCUT2D eigenvalue weighted by Gasteiger charge is -2.19. The van der Waals surface area contributed by atoms with Gasteiger partial charge in [0.05, 0.1) is 6.04 Å². The number of nitrogens with one attached hydrogen (secondary N) is 2. The molecule has 2 heterocycles. The predicted octanol–water partition coefficient (Wildman–Crippen LogP) is 2.70. The van der Waals surface area contributed by atoms with Crippen LogP contribution in [0.2, 0.25) is 0 Å². The maximum atomic E-state index is 11.5. The van der Waals surface area contributed by atoms with Gasteiger partial charge in [-0.3, -0.25) is 4.79 Å². The van der Waals surface area contributed by atoms with E-state index in [1.807, 2.05) is 33.8 Å². The smallest absolute Gasteiger partial charge is 0.251 e. The van der Waals surface area contributed by atoms with E-state index in [0.717, 1.165) is 22.8 Å². The van der Waals surface area contributed by atoms with Crippen molar-refractivity contribution in [1.82, 2.24) is 15.3 Å². The molecular weight excluding hydrogens is 254 g/mol. The molecule has 0 spiro atoms. The van der Waals surface area contributed by atoms with Crippen LogP contribution in [0.3, 0.4) is 0 Å². The Morgan fingerprint density at radius 3 is 2.45 bits per heavy atom. The Kier molecular flexibility index (Phi) is 4.09. The molecule has 0 aliphatic rings. The Morgan fingerprint density at radius 2 is 1.90 bits per heavy atom. The first-order valence-corrected chi connectivity index (χ1v) is 6.77. The largest absolute Gasteiger partial charge is 0.466 e. The van der Waals surface area contributed by atoms with Crippen LogP contribution in [-0.2, 0) is 0 Å². The molecule has 5 nitrogen and oxygen atoms in total. The lowest BCUT2D eigenvalue weighted by Crippen LogP contribution is -2.26. The molecule has 0 unspecified atom stereocenters. The summed E-state index contributed by atoms with van der Waals surface area (Å²) in [5.74, 6) is 2.47. The van der Waals surface area contributed by atoms with Gasteiger partial charge in [0.1, 0.15) is 17.3 Å². The van der Waals surface area contributed by atoms with Crippen LogP contribution in [0.1, 0.15) is 54.5 Å². The minimum atomic E-state index is -0.121. The van der Waals surface area contributed by atoms with Crippen molar-refractivity contribution in [3.8, 4) is 0 Å². The number of aromatic nitrogens is 2. The Hall–Kier alpha value is -1.88. The molecule has 0 aliphatic heterocycles. The van der Waals surface area contributed by atoms with Crippen LogP contribution in [0.5, 0.6) is 0 Å². The fourth-order valence-electron chi connectivity index (χ4n) is 2.43. The molecule has 2 rings (SSSR count). The maximum Gasteiger partial charge on any atom is 0.251 e. The molecule has 5 heteroatoms. The van der Waals surface area contributed by atoms with Gasteiger partial charge in [0.2, 0.25) is 0 Å². The molecule has 0 saturated carbocycles. The van der Waals surface area contributed by atoms with E-state index in [0.29, 0.717) is 5.82 Å². The van der Waals surface area contributed by atoms with Gasteiger partial charge < -0.3 is 14.7 Å². The second-order valence-electron chi connectivity index (χ2n) is 5.25. The van der Waals surface area contributed by atoms with Crippen molar-refractivity contribution in [2.24, 2.45) is 0 Å². The standard InChI is InChI=1S/C15H21N3O2/c1-8-6-14(19)18-15(16-8)11(4)17-10(3)13-7-9(2)20-12(13)5/h6-7,10-11,17H,1-5H3,(H,16,18,19)/t10-,11-/m1/s1. The maximum absolute atomic E-state index is 11.5. The molecule has 2 aromatic rings. The van der Waals surface area contributed by atoms with Gasteiger partial charge >= 0.3 is 0 Å². The molecule has 0 aliphatic carbocycles. The first-order chi connectivity index (χ1) is 9.36. The molecular formula is C15H21N3O2. The van der Waals surface area contributed by atoms with Gasteiger partial charge in [-0.15, -0.1) is 0 Å². The normalized spacial score (nSPS) is 14.2. The topological polar surface area (TPSA) is 70.9 Å². The highest BCUT2D eigenvalue weighted by atomic mass is 16.3. The number of H-pyrrole nitrogens is 1. The van der Waals surface area contributed by atoms with Gasteiger partial charge in [0.15, 0.2) is 0 Å². The summed E-state index contributed by atoms with van der Waals surface area (Å²) >= 11 is 0. The summed E-state index contributed by atoms with van der Waals surface area (Å²) < 4.78 is 5.55. The van der Waals surface area contributed by atoms with Crippen molar-refractivity contribution in [2.75, 3.05) is 0 Å². The van der Waals surface area contributed by atoms with Gasteiger partial charge in [0, 0.05) is 23.4 Å². The number of rotatable bonds is 4. The van der Waals surface area contributed by atoms with Crippen molar-refractivity contribution in [2.45, 2.75) is 46.7 Å². The van der Waals surface area contributed by atoms with Gasteiger partial charge in [-0.2, -0.15) is 0 Å². The fraction of sp³-hybridized carbons (Fsp3) is 0.467. The minimum Gasteiger partial charge on any atom is -0.466 e. The van der Waals surface area contributed by atoms with Crippen LogP contribution >= 0.6 is 0 Å². The Labute approximate surface area is 118 Å². The molecule has 0 radical (unpaired) electrons. The molecule has 2 N–H and O–H groups in total. The van der Waals surface area contributed by atoms with Gasteiger partial charge in [0.25, 0.3) is 5.56 Å². The third kappa shape index (κ3) is 3.17. The van der Waals surface area contributed by atoms with Crippen LogP contribution < -0.4 is 10.9 Å². The highest BCUT2D eigenvalue weighted by molar-refractivity contribution is 5.23. The van der Waals surface area contributed by atoms with E-state index in [-0.39, 0.29) is 17.6 Å². The molecule has 0 aromatic carbocycles. The van der Waals surface area contributed by atoms with E-state index in [4.69, 9.17) is 4.42 Å². The number of hydrogen-bond donors (Lipinski definition) is 2. The number of hydrogen-bond acceptors (Lipinski definition) is 4. The summed E-state index contributed by atoms with van der Waals surface area (Å²) in [5, 5.41) is 3.43. The zero-order valence-corrected chi connectivity index (χ0v) is 12.6. The summed E-state index contributed by atoms with van der Waals surface area (Å²) in [6.07, 6.45) is 0. The Morgan fingerprint density at radius 1 is 1.20 bits per heavy atom. The number of aryl methyl sites for hydroxylation is 3.